The Kier molecular flexibility index (Phi) is 5.67. The Labute approximate surface area is 134 Å². The van der Waals surface area contributed by atoms with Crippen LogP contribution in [0.2, 0.25) is 0 Å². The van der Waals surface area contributed by atoms with Crippen LogP contribution in [-0.4, -0.2) is 40.1 Å². The summed E-state index contributed by atoms with van der Waals surface area (Å²) in [6.07, 6.45) is 3.46. The van der Waals surface area contributed by atoms with Gasteiger partial charge in [0.05, 0.1) is 11.5 Å². The number of nitrogens with one attached hydrogen (secondary N) is 2. The van der Waals surface area contributed by atoms with E-state index < -0.39 is 4.92 Å². The minimum absolute atomic E-state index is 0.0349. The van der Waals surface area contributed by atoms with Crippen LogP contribution in [0.1, 0.15) is 33.1 Å². The van der Waals surface area contributed by atoms with Gasteiger partial charge in [0, 0.05) is 19.0 Å². The maximum Gasteiger partial charge on any atom is 0.329 e. The first-order chi connectivity index (χ1) is 11.0. The Bertz CT molecular complexity index is 576. The van der Waals surface area contributed by atoms with E-state index in [4.69, 9.17) is 4.74 Å². The number of carbonyl (C=O) groups is 1. The summed E-state index contributed by atoms with van der Waals surface area (Å²) < 4.78 is 4.89. The SMILES string of the molecule is CCOC(=O)C[C@H](C)CNc1ncc([N+](=O)[O-])c(NC2CC2)n1. The molecule has 9 nitrogen and oxygen atoms in total. The molecule has 2 rings (SSSR count). The van der Waals surface area contributed by atoms with Crippen LogP contribution in [0.5, 0.6) is 0 Å². The van der Waals surface area contributed by atoms with Gasteiger partial charge in [-0.05, 0) is 25.7 Å². The molecule has 0 aromatic carbocycles. The van der Waals surface area contributed by atoms with Gasteiger partial charge in [-0.2, -0.15) is 4.98 Å². The zero-order valence-corrected chi connectivity index (χ0v) is 13.2. The number of carbonyl (C=O) groups excluding carboxylic acids is 1. The molecule has 0 radical (unpaired) electrons. The maximum atomic E-state index is 11.4. The van der Waals surface area contributed by atoms with Gasteiger partial charge in [0.2, 0.25) is 11.8 Å². The van der Waals surface area contributed by atoms with Crippen molar-refractivity contribution in [2.75, 3.05) is 23.8 Å². The Balaban J connectivity index is 1.94. The lowest BCUT2D eigenvalue weighted by Crippen LogP contribution is -2.18. The van der Waals surface area contributed by atoms with Crippen molar-refractivity contribution in [3.05, 3.63) is 16.3 Å². The van der Waals surface area contributed by atoms with Gasteiger partial charge in [0.25, 0.3) is 0 Å². The molecule has 1 fully saturated rings. The second-order valence-corrected chi connectivity index (χ2v) is 5.60. The zero-order valence-electron chi connectivity index (χ0n) is 13.2. The highest BCUT2D eigenvalue weighted by Gasteiger charge is 2.26. The molecule has 0 amide bonds. The molecule has 1 aliphatic carbocycles. The summed E-state index contributed by atoms with van der Waals surface area (Å²) in [5, 5.41) is 17.0. The van der Waals surface area contributed by atoms with E-state index in [1.54, 1.807) is 6.92 Å². The highest BCUT2D eigenvalue weighted by molar-refractivity contribution is 5.69. The number of anilines is 2. The van der Waals surface area contributed by atoms with Crippen molar-refractivity contribution in [3.8, 4) is 0 Å². The summed E-state index contributed by atoms with van der Waals surface area (Å²) in [6, 6.07) is 0.249. The quantitative estimate of drug-likeness (QED) is 0.402. The fourth-order valence-electron chi connectivity index (χ4n) is 1.96. The van der Waals surface area contributed by atoms with Gasteiger partial charge in [-0.3, -0.25) is 14.9 Å². The third-order valence-corrected chi connectivity index (χ3v) is 3.31. The summed E-state index contributed by atoms with van der Waals surface area (Å²) in [7, 11) is 0. The van der Waals surface area contributed by atoms with Crippen molar-refractivity contribution in [1.29, 1.82) is 0 Å². The molecule has 23 heavy (non-hydrogen) atoms. The highest BCUT2D eigenvalue weighted by Crippen LogP contribution is 2.29. The van der Waals surface area contributed by atoms with Crippen LogP contribution in [0.3, 0.4) is 0 Å². The topological polar surface area (TPSA) is 119 Å². The summed E-state index contributed by atoms with van der Waals surface area (Å²) in [5.41, 5.74) is -0.137. The fraction of sp³-hybridized carbons (Fsp3) is 0.643. The molecule has 1 aliphatic rings. The Morgan fingerprint density at radius 2 is 2.30 bits per heavy atom. The summed E-state index contributed by atoms with van der Waals surface area (Å²) in [5.74, 6) is 0.317. The highest BCUT2D eigenvalue weighted by atomic mass is 16.6. The number of hydrogen-bond donors (Lipinski definition) is 2. The molecule has 0 spiro atoms. The average molecular weight is 323 g/mol. The lowest BCUT2D eigenvalue weighted by Gasteiger charge is -2.12. The zero-order chi connectivity index (χ0) is 16.8. The molecular formula is C14H21N5O4. The molecule has 0 aliphatic heterocycles. The fourth-order valence-corrected chi connectivity index (χ4v) is 1.96. The van der Waals surface area contributed by atoms with Crippen LogP contribution in [0.25, 0.3) is 0 Å². The average Bonchev–Trinajstić information content (AvgIpc) is 3.29. The molecule has 1 heterocycles. The van der Waals surface area contributed by atoms with Crippen molar-refractivity contribution in [1.82, 2.24) is 9.97 Å². The van der Waals surface area contributed by atoms with Gasteiger partial charge in [0.15, 0.2) is 0 Å². The first-order valence-electron chi connectivity index (χ1n) is 7.67. The number of ether oxygens (including phenoxy) is 1. The summed E-state index contributed by atoms with van der Waals surface area (Å²) >= 11 is 0. The first-order valence-corrected chi connectivity index (χ1v) is 7.67. The van der Waals surface area contributed by atoms with E-state index in [1.165, 1.54) is 6.20 Å². The summed E-state index contributed by atoms with van der Waals surface area (Å²) in [6.45, 7) is 4.50. The van der Waals surface area contributed by atoms with Gasteiger partial charge in [-0.15, -0.1) is 0 Å². The molecule has 1 atom stereocenters. The van der Waals surface area contributed by atoms with Crippen LogP contribution < -0.4 is 10.6 Å². The van der Waals surface area contributed by atoms with Gasteiger partial charge >= 0.3 is 11.7 Å². The van der Waals surface area contributed by atoms with E-state index in [2.05, 4.69) is 20.6 Å². The predicted octanol–water partition coefficient (Wildman–Crippen LogP) is 1.96. The number of nitro groups is 1. The lowest BCUT2D eigenvalue weighted by atomic mass is 10.1. The molecule has 2 N–H and O–H groups in total. The second-order valence-electron chi connectivity index (χ2n) is 5.60. The minimum atomic E-state index is -0.502. The van der Waals surface area contributed by atoms with Crippen LogP contribution >= 0.6 is 0 Å². The Morgan fingerprint density at radius 3 is 2.91 bits per heavy atom. The van der Waals surface area contributed by atoms with Gasteiger partial charge < -0.3 is 15.4 Å². The molecule has 0 bridgehead atoms. The van der Waals surface area contributed by atoms with Gasteiger partial charge in [0.1, 0.15) is 6.20 Å². The standard InChI is InChI=1S/C14H21N5O4/c1-3-23-12(20)6-9(2)7-15-14-16-8-11(19(21)22)13(18-14)17-10-4-5-10/h8-10H,3-7H2,1-2H3,(H2,15,16,17,18)/t9-/m0/s1. The van der Waals surface area contributed by atoms with Crippen LogP contribution in [0, 0.1) is 16.0 Å². The third kappa shape index (κ3) is 5.35. The molecule has 1 aromatic heterocycles. The molecule has 1 aromatic rings. The second kappa shape index (κ2) is 7.70. The third-order valence-electron chi connectivity index (χ3n) is 3.31. The van der Waals surface area contributed by atoms with E-state index in [-0.39, 0.29) is 29.4 Å². The number of rotatable bonds is 9. The van der Waals surface area contributed by atoms with Crippen molar-refractivity contribution >= 4 is 23.4 Å². The molecule has 126 valence electrons. The van der Waals surface area contributed by atoms with E-state index in [9.17, 15) is 14.9 Å². The molecule has 1 saturated carbocycles. The van der Waals surface area contributed by atoms with Crippen molar-refractivity contribution in [3.63, 3.8) is 0 Å². The largest absolute Gasteiger partial charge is 0.466 e. The summed E-state index contributed by atoms with van der Waals surface area (Å²) in [4.78, 5) is 30.0. The van der Waals surface area contributed by atoms with Gasteiger partial charge in [-0.1, -0.05) is 6.92 Å². The number of hydrogen-bond acceptors (Lipinski definition) is 8. The van der Waals surface area contributed by atoms with E-state index in [0.29, 0.717) is 25.5 Å². The van der Waals surface area contributed by atoms with Crippen LogP contribution in [0.15, 0.2) is 6.20 Å². The normalized spacial score (nSPS) is 14.9. The Hall–Kier alpha value is -2.45. The van der Waals surface area contributed by atoms with Crippen molar-refractivity contribution in [2.24, 2.45) is 5.92 Å². The molecule has 9 heteroatoms. The monoisotopic (exact) mass is 323 g/mol. The van der Waals surface area contributed by atoms with Crippen molar-refractivity contribution in [2.45, 2.75) is 39.2 Å². The molecular weight excluding hydrogens is 302 g/mol. The van der Waals surface area contributed by atoms with Crippen LogP contribution in [-0.2, 0) is 9.53 Å². The predicted molar refractivity (Wildman–Crippen MR) is 84.2 cm³/mol. The smallest absolute Gasteiger partial charge is 0.329 e. The number of nitrogens with zero attached hydrogens (tertiary/aromatic N) is 3. The minimum Gasteiger partial charge on any atom is -0.466 e. The molecule has 0 saturated heterocycles. The van der Waals surface area contributed by atoms with Crippen molar-refractivity contribution < 1.29 is 14.5 Å². The van der Waals surface area contributed by atoms with Crippen LogP contribution in [0.4, 0.5) is 17.5 Å². The Morgan fingerprint density at radius 1 is 1.57 bits per heavy atom. The van der Waals surface area contributed by atoms with E-state index >= 15 is 0 Å². The lowest BCUT2D eigenvalue weighted by molar-refractivity contribution is -0.384. The maximum absolute atomic E-state index is 11.4. The first kappa shape index (κ1) is 16.9. The molecule has 0 unspecified atom stereocenters. The van der Waals surface area contributed by atoms with E-state index in [0.717, 1.165) is 12.8 Å². The number of aromatic nitrogens is 2. The number of esters is 1. The van der Waals surface area contributed by atoms with Gasteiger partial charge in [-0.25, -0.2) is 4.98 Å². The van der Waals surface area contributed by atoms with E-state index in [1.807, 2.05) is 6.92 Å².